The number of hydrogen-bond acceptors (Lipinski definition) is 3. The van der Waals surface area contributed by atoms with Gasteiger partial charge in [0.2, 0.25) is 0 Å². The molecule has 0 radical (unpaired) electrons. The maximum Gasteiger partial charge on any atom is 0.166 e. The highest BCUT2D eigenvalue weighted by Crippen LogP contribution is 2.23. The van der Waals surface area contributed by atoms with Crippen molar-refractivity contribution in [3.63, 3.8) is 0 Å². The van der Waals surface area contributed by atoms with Crippen LogP contribution < -0.4 is 5.73 Å². The van der Waals surface area contributed by atoms with Gasteiger partial charge >= 0.3 is 0 Å². The maximum atomic E-state index is 10.7. The van der Waals surface area contributed by atoms with Gasteiger partial charge in [0.05, 0.1) is 5.69 Å². The zero-order valence-electron chi connectivity index (χ0n) is 9.64. The summed E-state index contributed by atoms with van der Waals surface area (Å²) in [6.45, 7) is 0. The molecule has 0 amide bonds. The molecule has 4 nitrogen and oxygen atoms in total. The molecule has 90 valence electrons. The summed E-state index contributed by atoms with van der Waals surface area (Å²) in [5, 5.41) is 1.07. The molecule has 0 aliphatic heterocycles. The number of nitrogens with one attached hydrogen (secondary N) is 1. The van der Waals surface area contributed by atoms with Gasteiger partial charge in [-0.1, -0.05) is 18.2 Å². The van der Waals surface area contributed by atoms with Gasteiger partial charge in [-0.15, -0.1) is 0 Å². The fourth-order valence-electron chi connectivity index (χ4n) is 2.06. The lowest BCUT2D eigenvalue weighted by Crippen LogP contribution is -1.91. The minimum absolute atomic E-state index is 0.485. The summed E-state index contributed by atoms with van der Waals surface area (Å²) in [5.41, 5.74) is 8.02. The molecule has 0 aliphatic carbocycles. The second-order valence-electron chi connectivity index (χ2n) is 4.21. The zero-order valence-corrected chi connectivity index (χ0v) is 9.64. The summed E-state index contributed by atoms with van der Waals surface area (Å²) in [5.74, 6) is 1.34. The first-order valence-corrected chi connectivity index (χ1v) is 5.66. The molecule has 3 N–H and O–H groups in total. The van der Waals surface area contributed by atoms with Crippen LogP contribution in [0, 0.1) is 0 Å². The maximum absolute atomic E-state index is 10.7. The molecule has 0 saturated carbocycles. The van der Waals surface area contributed by atoms with Crippen LogP contribution in [-0.4, -0.2) is 11.3 Å². The SMILES string of the molecule is Nc1[nH]c(C=O)cc1Cc1cc2ccccc2o1. The number of carbonyl (C=O) groups excluding carboxylic acids is 1. The summed E-state index contributed by atoms with van der Waals surface area (Å²) >= 11 is 0. The number of aldehydes is 1. The number of nitrogens with two attached hydrogens (primary N) is 1. The molecule has 3 rings (SSSR count). The van der Waals surface area contributed by atoms with Crippen LogP contribution in [0.25, 0.3) is 11.0 Å². The molecule has 1 aromatic carbocycles. The Bertz CT molecular complexity index is 676. The van der Waals surface area contributed by atoms with E-state index in [4.69, 9.17) is 10.2 Å². The van der Waals surface area contributed by atoms with Crippen LogP contribution in [-0.2, 0) is 6.42 Å². The summed E-state index contributed by atoms with van der Waals surface area (Å²) in [7, 11) is 0. The minimum atomic E-state index is 0.485. The van der Waals surface area contributed by atoms with E-state index in [2.05, 4.69) is 4.98 Å². The van der Waals surface area contributed by atoms with Crippen molar-refractivity contribution in [1.82, 2.24) is 4.98 Å². The largest absolute Gasteiger partial charge is 0.461 e. The number of anilines is 1. The van der Waals surface area contributed by atoms with Crippen molar-refractivity contribution in [3.05, 3.63) is 53.4 Å². The number of para-hydroxylation sites is 1. The quantitative estimate of drug-likeness (QED) is 0.691. The Hall–Kier alpha value is -2.49. The topological polar surface area (TPSA) is 72.0 Å². The summed E-state index contributed by atoms with van der Waals surface area (Å²) in [6.07, 6.45) is 1.32. The Labute approximate surface area is 103 Å². The van der Waals surface area contributed by atoms with Crippen LogP contribution in [0.1, 0.15) is 21.8 Å². The standard InChI is InChI=1S/C14H12N2O2/c15-14-10(5-11(8-17)16-14)7-12-6-9-3-1-2-4-13(9)18-12/h1-6,8,16H,7,15H2. The van der Waals surface area contributed by atoms with Crippen molar-refractivity contribution in [3.8, 4) is 0 Å². The molecule has 0 atom stereocenters. The van der Waals surface area contributed by atoms with Gasteiger partial charge in [-0.25, -0.2) is 0 Å². The van der Waals surface area contributed by atoms with Crippen LogP contribution >= 0.6 is 0 Å². The number of H-pyrrole nitrogens is 1. The molecular formula is C14H12N2O2. The molecule has 4 heteroatoms. The molecule has 0 bridgehead atoms. The number of benzene rings is 1. The summed E-state index contributed by atoms with van der Waals surface area (Å²) in [6, 6.07) is 11.6. The van der Waals surface area contributed by atoms with Gasteiger partial charge in [-0.3, -0.25) is 4.79 Å². The Morgan fingerprint density at radius 2 is 2.11 bits per heavy atom. The predicted octanol–water partition coefficient (Wildman–Crippen LogP) is 2.75. The van der Waals surface area contributed by atoms with Gasteiger partial charge in [0.1, 0.15) is 17.2 Å². The predicted molar refractivity (Wildman–Crippen MR) is 69.6 cm³/mol. The molecule has 2 heterocycles. The Balaban J connectivity index is 1.95. The average Bonchev–Trinajstić information content (AvgIpc) is 2.93. The van der Waals surface area contributed by atoms with E-state index < -0.39 is 0 Å². The lowest BCUT2D eigenvalue weighted by atomic mass is 10.1. The van der Waals surface area contributed by atoms with E-state index in [0.29, 0.717) is 17.9 Å². The van der Waals surface area contributed by atoms with Gasteiger partial charge in [-0.05, 0) is 18.2 Å². The fourth-order valence-corrected chi connectivity index (χ4v) is 2.06. The third-order valence-electron chi connectivity index (χ3n) is 2.92. The van der Waals surface area contributed by atoms with Gasteiger partial charge in [0.25, 0.3) is 0 Å². The second-order valence-corrected chi connectivity index (χ2v) is 4.21. The summed E-state index contributed by atoms with van der Waals surface area (Å²) < 4.78 is 5.71. The fraction of sp³-hybridized carbons (Fsp3) is 0.0714. The number of fused-ring (bicyclic) bond motifs is 1. The molecule has 18 heavy (non-hydrogen) atoms. The number of aromatic amines is 1. The number of nitrogen functional groups attached to an aromatic ring is 1. The molecule has 2 aromatic heterocycles. The minimum Gasteiger partial charge on any atom is -0.461 e. The monoisotopic (exact) mass is 240 g/mol. The first-order chi connectivity index (χ1) is 8.76. The first kappa shape index (κ1) is 10.7. The van der Waals surface area contributed by atoms with Crippen molar-refractivity contribution in [2.24, 2.45) is 0 Å². The Morgan fingerprint density at radius 1 is 1.28 bits per heavy atom. The summed E-state index contributed by atoms with van der Waals surface area (Å²) in [4.78, 5) is 13.5. The number of hydrogen-bond donors (Lipinski definition) is 2. The van der Waals surface area contributed by atoms with E-state index in [-0.39, 0.29) is 0 Å². The lowest BCUT2D eigenvalue weighted by molar-refractivity contribution is 0.111. The second kappa shape index (κ2) is 4.07. The van der Waals surface area contributed by atoms with Crippen LogP contribution in [0.4, 0.5) is 5.82 Å². The highest BCUT2D eigenvalue weighted by Gasteiger charge is 2.09. The third-order valence-corrected chi connectivity index (χ3v) is 2.92. The van der Waals surface area contributed by atoms with Gasteiger partial charge in [-0.2, -0.15) is 0 Å². The Morgan fingerprint density at radius 3 is 2.83 bits per heavy atom. The highest BCUT2D eigenvalue weighted by atomic mass is 16.3. The van der Waals surface area contributed by atoms with E-state index in [1.807, 2.05) is 30.3 Å². The Kier molecular flexibility index (Phi) is 2.41. The number of rotatable bonds is 3. The number of carbonyl (C=O) groups is 1. The third kappa shape index (κ3) is 1.78. The van der Waals surface area contributed by atoms with E-state index >= 15 is 0 Å². The van der Waals surface area contributed by atoms with Crippen LogP contribution in [0.15, 0.2) is 40.8 Å². The van der Waals surface area contributed by atoms with E-state index in [9.17, 15) is 4.79 Å². The van der Waals surface area contributed by atoms with Gasteiger partial charge in [0.15, 0.2) is 6.29 Å². The van der Waals surface area contributed by atoms with Gasteiger partial charge < -0.3 is 15.1 Å². The van der Waals surface area contributed by atoms with Gasteiger partial charge in [0, 0.05) is 17.4 Å². The van der Waals surface area contributed by atoms with E-state index in [0.717, 1.165) is 28.6 Å². The van der Waals surface area contributed by atoms with E-state index in [1.54, 1.807) is 6.07 Å². The van der Waals surface area contributed by atoms with Crippen molar-refractivity contribution < 1.29 is 9.21 Å². The number of furan rings is 1. The lowest BCUT2D eigenvalue weighted by Gasteiger charge is -1.95. The molecule has 3 aromatic rings. The van der Waals surface area contributed by atoms with Crippen molar-refractivity contribution in [1.29, 1.82) is 0 Å². The molecule has 0 fully saturated rings. The van der Waals surface area contributed by atoms with Crippen LogP contribution in [0.3, 0.4) is 0 Å². The smallest absolute Gasteiger partial charge is 0.166 e. The zero-order chi connectivity index (χ0) is 12.5. The molecule has 0 unspecified atom stereocenters. The molecular weight excluding hydrogens is 228 g/mol. The molecule has 0 aliphatic rings. The van der Waals surface area contributed by atoms with E-state index in [1.165, 1.54) is 0 Å². The van der Waals surface area contributed by atoms with Crippen LogP contribution in [0.2, 0.25) is 0 Å². The number of aromatic nitrogens is 1. The normalized spacial score (nSPS) is 10.9. The van der Waals surface area contributed by atoms with Crippen molar-refractivity contribution >= 4 is 23.1 Å². The highest BCUT2D eigenvalue weighted by molar-refractivity contribution is 5.78. The van der Waals surface area contributed by atoms with Crippen molar-refractivity contribution in [2.75, 3.05) is 5.73 Å². The van der Waals surface area contributed by atoms with Crippen LogP contribution in [0.5, 0.6) is 0 Å². The molecule has 0 spiro atoms. The molecule has 0 saturated heterocycles. The average molecular weight is 240 g/mol. The first-order valence-electron chi connectivity index (χ1n) is 5.66. The van der Waals surface area contributed by atoms with Crippen molar-refractivity contribution in [2.45, 2.75) is 6.42 Å².